The van der Waals surface area contributed by atoms with Crippen molar-refractivity contribution in [3.8, 4) is 5.69 Å². The molecule has 102 valence electrons. The van der Waals surface area contributed by atoms with Gasteiger partial charge in [-0.15, -0.1) is 10.2 Å². The summed E-state index contributed by atoms with van der Waals surface area (Å²) in [6, 6.07) is 10.3. The second-order valence-electron chi connectivity index (χ2n) is 4.71. The van der Waals surface area contributed by atoms with Gasteiger partial charge in [-0.05, 0) is 46.1 Å². The highest BCUT2D eigenvalue weighted by atomic mass is 32.2. The van der Waals surface area contributed by atoms with Crippen LogP contribution in [0.1, 0.15) is 12.2 Å². The number of aryl methyl sites for hydroxylation is 1. The SMILES string of the molecule is Cc1nnc(SCCCN(C)C)n1-c1ccccc1. The Morgan fingerprint density at radius 1 is 1.16 bits per heavy atom. The molecule has 4 nitrogen and oxygen atoms in total. The molecule has 0 saturated carbocycles. The van der Waals surface area contributed by atoms with E-state index in [0.29, 0.717) is 0 Å². The summed E-state index contributed by atoms with van der Waals surface area (Å²) < 4.78 is 2.11. The standard InChI is InChI=1S/C14H20N4S/c1-12-15-16-14(19-11-7-10-17(2)3)18(12)13-8-5-4-6-9-13/h4-6,8-9H,7,10-11H2,1-3H3. The molecule has 5 heteroatoms. The summed E-state index contributed by atoms with van der Waals surface area (Å²) in [6.07, 6.45) is 1.15. The molecule has 1 heterocycles. The maximum atomic E-state index is 4.27. The quantitative estimate of drug-likeness (QED) is 0.600. The van der Waals surface area contributed by atoms with Crippen molar-refractivity contribution in [1.29, 1.82) is 0 Å². The number of benzene rings is 1. The van der Waals surface area contributed by atoms with E-state index >= 15 is 0 Å². The topological polar surface area (TPSA) is 34.0 Å². The molecule has 2 aromatic rings. The number of rotatable bonds is 6. The van der Waals surface area contributed by atoms with Crippen LogP contribution >= 0.6 is 11.8 Å². The van der Waals surface area contributed by atoms with Crippen LogP contribution in [0.25, 0.3) is 5.69 Å². The van der Waals surface area contributed by atoms with Crippen LogP contribution in [0.15, 0.2) is 35.5 Å². The molecule has 0 aliphatic heterocycles. The van der Waals surface area contributed by atoms with Crippen LogP contribution in [0.2, 0.25) is 0 Å². The lowest BCUT2D eigenvalue weighted by molar-refractivity contribution is 0.410. The third-order valence-electron chi connectivity index (χ3n) is 2.79. The first-order chi connectivity index (χ1) is 9.18. The Bertz CT molecular complexity index is 507. The van der Waals surface area contributed by atoms with E-state index in [1.165, 1.54) is 0 Å². The minimum absolute atomic E-state index is 0.932. The van der Waals surface area contributed by atoms with Crippen LogP contribution < -0.4 is 0 Å². The summed E-state index contributed by atoms with van der Waals surface area (Å²) >= 11 is 1.77. The van der Waals surface area contributed by atoms with Crippen molar-refractivity contribution >= 4 is 11.8 Å². The molecule has 0 saturated heterocycles. The summed E-state index contributed by atoms with van der Waals surface area (Å²) in [5.41, 5.74) is 1.13. The van der Waals surface area contributed by atoms with Crippen LogP contribution in [0.4, 0.5) is 0 Å². The maximum Gasteiger partial charge on any atom is 0.195 e. The van der Waals surface area contributed by atoms with E-state index in [9.17, 15) is 0 Å². The fraction of sp³-hybridized carbons (Fsp3) is 0.429. The third-order valence-corrected chi connectivity index (χ3v) is 3.81. The zero-order chi connectivity index (χ0) is 13.7. The summed E-state index contributed by atoms with van der Waals surface area (Å²) in [5.74, 6) is 1.99. The minimum Gasteiger partial charge on any atom is -0.309 e. The molecule has 0 aliphatic carbocycles. The van der Waals surface area contributed by atoms with Crippen molar-refractivity contribution in [2.45, 2.75) is 18.5 Å². The molecule has 19 heavy (non-hydrogen) atoms. The predicted octanol–water partition coefficient (Wildman–Crippen LogP) is 2.62. The number of aromatic nitrogens is 3. The van der Waals surface area contributed by atoms with Gasteiger partial charge >= 0.3 is 0 Å². The molecule has 0 atom stereocenters. The monoisotopic (exact) mass is 276 g/mol. The highest BCUT2D eigenvalue weighted by Crippen LogP contribution is 2.22. The zero-order valence-corrected chi connectivity index (χ0v) is 12.5. The molecule has 0 fully saturated rings. The first-order valence-electron chi connectivity index (χ1n) is 6.43. The Labute approximate surface area is 118 Å². The number of thioether (sulfide) groups is 1. The van der Waals surface area contributed by atoms with E-state index in [1.807, 2.05) is 25.1 Å². The van der Waals surface area contributed by atoms with E-state index in [0.717, 1.165) is 35.4 Å². The smallest absolute Gasteiger partial charge is 0.195 e. The van der Waals surface area contributed by atoms with Gasteiger partial charge in [-0.1, -0.05) is 30.0 Å². The van der Waals surface area contributed by atoms with E-state index in [4.69, 9.17) is 0 Å². The number of para-hydroxylation sites is 1. The highest BCUT2D eigenvalue weighted by molar-refractivity contribution is 7.99. The lowest BCUT2D eigenvalue weighted by atomic mass is 10.3. The molecular formula is C14H20N4S. The van der Waals surface area contributed by atoms with Crippen molar-refractivity contribution in [1.82, 2.24) is 19.7 Å². The van der Waals surface area contributed by atoms with E-state index in [1.54, 1.807) is 11.8 Å². The molecule has 0 N–H and O–H groups in total. The number of nitrogens with zero attached hydrogens (tertiary/aromatic N) is 4. The van der Waals surface area contributed by atoms with Gasteiger partial charge in [0.1, 0.15) is 5.82 Å². The van der Waals surface area contributed by atoms with Crippen molar-refractivity contribution in [2.75, 3.05) is 26.4 Å². The first kappa shape index (κ1) is 14.1. The van der Waals surface area contributed by atoms with Crippen LogP contribution in [-0.2, 0) is 0 Å². The Morgan fingerprint density at radius 2 is 1.89 bits per heavy atom. The molecule has 0 spiro atoms. The molecule has 1 aromatic carbocycles. The normalized spacial score (nSPS) is 11.2. The molecule has 0 amide bonds. The van der Waals surface area contributed by atoms with Gasteiger partial charge in [0.15, 0.2) is 5.16 Å². The summed E-state index contributed by atoms with van der Waals surface area (Å²) in [7, 11) is 4.20. The van der Waals surface area contributed by atoms with Crippen molar-refractivity contribution in [3.63, 3.8) is 0 Å². The van der Waals surface area contributed by atoms with Crippen LogP contribution in [0.5, 0.6) is 0 Å². The number of hydrogen-bond acceptors (Lipinski definition) is 4. The maximum absolute atomic E-state index is 4.27. The summed E-state index contributed by atoms with van der Waals surface area (Å²) in [4.78, 5) is 2.20. The van der Waals surface area contributed by atoms with Crippen molar-refractivity contribution in [3.05, 3.63) is 36.2 Å². The highest BCUT2D eigenvalue weighted by Gasteiger charge is 2.10. The Hall–Kier alpha value is -1.33. The zero-order valence-electron chi connectivity index (χ0n) is 11.7. The van der Waals surface area contributed by atoms with Crippen molar-refractivity contribution in [2.24, 2.45) is 0 Å². The largest absolute Gasteiger partial charge is 0.309 e. The predicted molar refractivity (Wildman–Crippen MR) is 80.0 cm³/mol. The first-order valence-corrected chi connectivity index (χ1v) is 7.42. The lowest BCUT2D eigenvalue weighted by Gasteiger charge is -2.10. The number of hydrogen-bond donors (Lipinski definition) is 0. The van der Waals surface area contributed by atoms with Crippen LogP contribution in [0, 0.1) is 6.92 Å². The second kappa shape index (κ2) is 6.73. The fourth-order valence-electron chi connectivity index (χ4n) is 1.85. The average Bonchev–Trinajstić information content (AvgIpc) is 2.77. The molecule has 0 bridgehead atoms. The molecular weight excluding hydrogens is 256 g/mol. The van der Waals surface area contributed by atoms with Gasteiger partial charge in [0, 0.05) is 11.4 Å². The van der Waals surface area contributed by atoms with Gasteiger partial charge in [-0.3, -0.25) is 4.57 Å². The van der Waals surface area contributed by atoms with Gasteiger partial charge in [0.2, 0.25) is 0 Å². The van der Waals surface area contributed by atoms with E-state index in [2.05, 4.69) is 45.9 Å². The minimum atomic E-state index is 0.932. The van der Waals surface area contributed by atoms with Gasteiger partial charge in [-0.2, -0.15) is 0 Å². The van der Waals surface area contributed by atoms with Crippen molar-refractivity contribution < 1.29 is 0 Å². The Morgan fingerprint density at radius 3 is 2.58 bits per heavy atom. The fourth-order valence-corrected chi connectivity index (χ4v) is 2.78. The second-order valence-corrected chi connectivity index (χ2v) is 5.77. The van der Waals surface area contributed by atoms with Gasteiger partial charge in [0.25, 0.3) is 0 Å². The molecule has 0 radical (unpaired) electrons. The summed E-state index contributed by atoms with van der Waals surface area (Å²) in [5, 5.41) is 9.43. The van der Waals surface area contributed by atoms with E-state index in [-0.39, 0.29) is 0 Å². The lowest BCUT2D eigenvalue weighted by Crippen LogP contribution is -2.13. The van der Waals surface area contributed by atoms with Crippen LogP contribution in [-0.4, -0.2) is 46.1 Å². The molecule has 1 aromatic heterocycles. The third kappa shape index (κ3) is 3.81. The van der Waals surface area contributed by atoms with Crippen LogP contribution in [0.3, 0.4) is 0 Å². The van der Waals surface area contributed by atoms with Gasteiger partial charge in [0.05, 0.1) is 0 Å². The average molecular weight is 276 g/mol. The molecule has 0 unspecified atom stereocenters. The van der Waals surface area contributed by atoms with E-state index < -0.39 is 0 Å². The molecule has 2 rings (SSSR count). The molecule has 0 aliphatic rings. The summed E-state index contributed by atoms with van der Waals surface area (Å²) in [6.45, 7) is 3.09. The van der Waals surface area contributed by atoms with Gasteiger partial charge in [-0.25, -0.2) is 0 Å². The van der Waals surface area contributed by atoms with Gasteiger partial charge < -0.3 is 4.90 Å². The Balaban J connectivity index is 2.06. The Kier molecular flexibility index (Phi) is 4.99.